The number of hydrogen-bond acceptors (Lipinski definition) is 8. The molecule has 0 unspecified atom stereocenters. The van der Waals surface area contributed by atoms with Crippen molar-refractivity contribution in [3.05, 3.63) is 53.6 Å². The van der Waals surface area contributed by atoms with Gasteiger partial charge in [0.1, 0.15) is 11.4 Å². The molecule has 0 fully saturated rings. The van der Waals surface area contributed by atoms with Crippen LogP contribution in [-0.2, 0) is 30.8 Å². The lowest BCUT2D eigenvalue weighted by molar-refractivity contribution is -0.151. The van der Waals surface area contributed by atoms with E-state index in [1.165, 1.54) is 36.3 Å². The van der Waals surface area contributed by atoms with Crippen molar-refractivity contribution < 1.29 is 37.0 Å². The van der Waals surface area contributed by atoms with Crippen LogP contribution in [0.2, 0.25) is 0 Å². The van der Waals surface area contributed by atoms with Gasteiger partial charge in [-0.25, -0.2) is 12.7 Å². The van der Waals surface area contributed by atoms with E-state index in [9.17, 15) is 22.8 Å². The smallest absolute Gasteiger partial charge is 0.327 e. The fourth-order valence-corrected chi connectivity index (χ4v) is 4.77. The number of benzene rings is 2. The second kappa shape index (κ2) is 9.90. The van der Waals surface area contributed by atoms with Gasteiger partial charge in [-0.15, -0.1) is 0 Å². The zero-order valence-electron chi connectivity index (χ0n) is 18.4. The molecule has 1 aliphatic rings. The van der Waals surface area contributed by atoms with Gasteiger partial charge >= 0.3 is 5.97 Å². The third-order valence-corrected chi connectivity index (χ3v) is 6.94. The van der Waals surface area contributed by atoms with Crippen molar-refractivity contribution in [1.29, 1.82) is 0 Å². The van der Waals surface area contributed by atoms with E-state index in [2.05, 4.69) is 0 Å². The Hall–Kier alpha value is -3.60. The standard InChI is InChI=1S/C22H24N2O8S/c1-23(11-10-15-8-9-17(30-2)18(12-15)31-3)20(25)14-32-21(26)13-24-22(27)16-6-4-5-7-19(16)33(24,28)29/h4-9,12H,10-11,13-14H2,1-3H3. The summed E-state index contributed by atoms with van der Waals surface area (Å²) in [5, 5.41) is 0. The maximum absolute atomic E-state index is 12.5. The van der Waals surface area contributed by atoms with E-state index < -0.39 is 41.0 Å². The lowest BCUT2D eigenvalue weighted by Crippen LogP contribution is -2.38. The SMILES string of the molecule is COc1ccc(CCN(C)C(=O)COC(=O)CN2C(=O)c3ccccc3S2(=O)=O)cc1OC. The molecular weight excluding hydrogens is 452 g/mol. The number of carbonyl (C=O) groups excluding carboxylic acids is 3. The van der Waals surface area contributed by atoms with Crippen molar-refractivity contribution in [3.8, 4) is 11.5 Å². The highest BCUT2D eigenvalue weighted by Crippen LogP contribution is 2.30. The van der Waals surface area contributed by atoms with E-state index in [4.69, 9.17) is 14.2 Å². The van der Waals surface area contributed by atoms with Gasteiger partial charge in [0.2, 0.25) is 0 Å². The normalized spacial score (nSPS) is 13.9. The Kier molecular flexibility index (Phi) is 7.22. The average molecular weight is 477 g/mol. The molecule has 0 N–H and O–H groups in total. The van der Waals surface area contributed by atoms with Crippen LogP contribution in [0.4, 0.5) is 0 Å². The first-order valence-corrected chi connectivity index (χ1v) is 11.4. The Morgan fingerprint density at radius 3 is 2.39 bits per heavy atom. The summed E-state index contributed by atoms with van der Waals surface area (Å²) in [6.45, 7) is -1.03. The number of rotatable bonds is 9. The fraction of sp³-hybridized carbons (Fsp3) is 0.318. The Labute approximate surface area is 191 Å². The number of nitrogens with zero attached hydrogens (tertiary/aromatic N) is 2. The van der Waals surface area contributed by atoms with Crippen molar-refractivity contribution in [3.63, 3.8) is 0 Å². The second-order valence-corrected chi connectivity index (χ2v) is 9.06. The molecule has 0 radical (unpaired) electrons. The molecular formula is C22H24N2O8S. The summed E-state index contributed by atoms with van der Waals surface area (Å²) in [6, 6.07) is 11.1. The zero-order chi connectivity index (χ0) is 24.2. The molecule has 2 amide bonds. The molecule has 0 saturated heterocycles. The molecule has 3 rings (SSSR count). The minimum Gasteiger partial charge on any atom is -0.493 e. The number of methoxy groups -OCH3 is 2. The maximum atomic E-state index is 12.5. The Morgan fingerprint density at radius 2 is 1.73 bits per heavy atom. The minimum absolute atomic E-state index is 0.00345. The van der Waals surface area contributed by atoms with Gasteiger partial charge in [0.15, 0.2) is 18.1 Å². The quantitative estimate of drug-likeness (QED) is 0.494. The van der Waals surface area contributed by atoms with E-state index in [-0.39, 0.29) is 10.5 Å². The summed E-state index contributed by atoms with van der Waals surface area (Å²) >= 11 is 0. The van der Waals surface area contributed by atoms with E-state index in [0.29, 0.717) is 28.8 Å². The van der Waals surface area contributed by atoms with Crippen LogP contribution in [0.15, 0.2) is 47.4 Å². The van der Waals surface area contributed by atoms with E-state index in [1.54, 1.807) is 20.2 Å². The third-order valence-electron chi connectivity index (χ3n) is 5.15. The summed E-state index contributed by atoms with van der Waals surface area (Å²) in [7, 11) is 0.504. The number of carbonyl (C=O) groups is 3. The summed E-state index contributed by atoms with van der Waals surface area (Å²) < 4.78 is 40.8. The lowest BCUT2D eigenvalue weighted by atomic mass is 10.1. The average Bonchev–Trinajstić information content (AvgIpc) is 3.01. The maximum Gasteiger partial charge on any atom is 0.327 e. The van der Waals surface area contributed by atoms with Crippen molar-refractivity contribution in [2.24, 2.45) is 0 Å². The highest BCUT2D eigenvalue weighted by atomic mass is 32.2. The van der Waals surface area contributed by atoms with E-state index >= 15 is 0 Å². The Morgan fingerprint density at radius 1 is 1.03 bits per heavy atom. The number of fused-ring (bicyclic) bond motifs is 1. The molecule has 1 aliphatic heterocycles. The largest absolute Gasteiger partial charge is 0.493 e. The van der Waals surface area contributed by atoms with Crippen LogP contribution in [0.25, 0.3) is 0 Å². The van der Waals surface area contributed by atoms with E-state index in [0.717, 1.165) is 5.56 Å². The monoisotopic (exact) mass is 476 g/mol. The van der Waals surface area contributed by atoms with Crippen LogP contribution in [0.3, 0.4) is 0 Å². The van der Waals surface area contributed by atoms with Gasteiger partial charge in [-0.3, -0.25) is 14.4 Å². The van der Waals surface area contributed by atoms with Gasteiger partial charge in [-0.2, -0.15) is 0 Å². The van der Waals surface area contributed by atoms with Crippen molar-refractivity contribution in [2.75, 3.05) is 41.0 Å². The van der Waals surface area contributed by atoms with Crippen molar-refractivity contribution in [1.82, 2.24) is 9.21 Å². The Bertz CT molecular complexity index is 1180. The lowest BCUT2D eigenvalue weighted by Gasteiger charge is -2.18. The molecule has 1 heterocycles. The summed E-state index contributed by atoms with van der Waals surface area (Å²) in [6.07, 6.45) is 0.523. The second-order valence-electron chi connectivity index (χ2n) is 7.23. The molecule has 10 nitrogen and oxygen atoms in total. The molecule has 0 bridgehead atoms. The van der Waals surface area contributed by atoms with Crippen LogP contribution in [0.5, 0.6) is 11.5 Å². The minimum atomic E-state index is -4.13. The third kappa shape index (κ3) is 5.08. The first-order valence-electron chi connectivity index (χ1n) is 9.95. The number of hydrogen-bond donors (Lipinski definition) is 0. The van der Waals surface area contributed by atoms with Gasteiger partial charge in [-0.05, 0) is 36.2 Å². The molecule has 176 valence electrons. The van der Waals surface area contributed by atoms with E-state index in [1.807, 2.05) is 12.1 Å². The van der Waals surface area contributed by atoms with Crippen LogP contribution in [-0.4, -0.2) is 76.4 Å². The van der Waals surface area contributed by atoms with Crippen molar-refractivity contribution in [2.45, 2.75) is 11.3 Å². The van der Waals surface area contributed by atoms with Crippen LogP contribution in [0, 0.1) is 0 Å². The predicted octanol–water partition coefficient (Wildman–Crippen LogP) is 1.09. The molecule has 0 spiro atoms. The molecule has 0 aliphatic carbocycles. The number of sulfonamides is 1. The summed E-state index contributed by atoms with van der Waals surface area (Å²) in [5.74, 6) is -1.10. The van der Waals surface area contributed by atoms with Gasteiger partial charge in [-0.1, -0.05) is 18.2 Å². The van der Waals surface area contributed by atoms with Gasteiger partial charge in [0.05, 0.1) is 19.8 Å². The Balaban J connectivity index is 1.50. The number of esters is 1. The topological polar surface area (TPSA) is 120 Å². The molecule has 0 saturated carbocycles. The highest BCUT2D eigenvalue weighted by molar-refractivity contribution is 7.90. The van der Waals surface area contributed by atoms with Crippen LogP contribution >= 0.6 is 0 Å². The molecule has 0 aromatic heterocycles. The highest BCUT2D eigenvalue weighted by Gasteiger charge is 2.42. The van der Waals surface area contributed by atoms with Gasteiger partial charge in [0.25, 0.3) is 21.8 Å². The molecule has 0 atom stereocenters. The molecule has 11 heteroatoms. The molecule has 33 heavy (non-hydrogen) atoms. The first-order chi connectivity index (χ1) is 15.7. The molecule has 2 aromatic carbocycles. The summed E-state index contributed by atoms with van der Waals surface area (Å²) in [4.78, 5) is 38.0. The summed E-state index contributed by atoms with van der Waals surface area (Å²) in [5.41, 5.74) is 0.915. The van der Waals surface area contributed by atoms with Gasteiger partial charge < -0.3 is 19.1 Å². The molecule has 2 aromatic rings. The number of likely N-dealkylation sites (N-methyl/N-ethyl adjacent to an activating group) is 1. The predicted molar refractivity (Wildman–Crippen MR) is 117 cm³/mol. The first kappa shape index (κ1) is 24.1. The van der Waals surface area contributed by atoms with Gasteiger partial charge in [0, 0.05) is 13.6 Å². The van der Waals surface area contributed by atoms with Crippen LogP contribution < -0.4 is 9.47 Å². The zero-order valence-corrected chi connectivity index (χ0v) is 19.3. The number of ether oxygens (including phenoxy) is 3. The fourth-order valence-electron chi connectivity index (χ4n) is 3.26. The van der Waals surface area contributed by atoms with Crippen molar-refractivity contribution >= 4 is 27.8 Å². The number of amides is 2. The van der Waals surface area contributed by atoms with Crippen LogP contribution in [0.1, 0.15) is 15.9 Å².